The van der Waals surface area contributed by atoms with Gasteiger partial charge in [-0.2, -0.15) is 0 Å². The first-order chi connectivity index (χ1) is 12.7. The summed E-state index contributed by atoms with van der Waals surface area (Å²) in [5.41, 5.74) is 1.20. The van der Waals surface area contributed by atoms with Gasteiger partial charge in [-0.15, -0.1) is 0 Å². The zero-order chi connectivity index (χ0) is 17.7. The van der Waals surface area contributed by atoms with Crippen LogP contribution in [0.1, 0.15) is 30.9 Å². The van der Waals surface area contributed by atoms with Crippen LogP contribution >= 0.6 is 0 Å². The van der Waals surface area contributed by atoms with E-state index in [4.69, 9.17) is 0 Å². The van der Waals surface area contributed by atoms with Crippen LogP contribution in [0.15, 0.2) is 29.6 Å². The fourth-order valence-corrected chi connectivity index (χ4v) is 4.52. The van der Waals surface area contributed by atoms with Crippen molar-refractivity contribution in [3.05, 3.63) is 40.8 Å². The van der Waals surface area contributed by atoms with Crippen molar-refractivity contribution in [2.45, 2.75) is 25.2 Å². The van der Waals surface area contributed by atoms with Crippen molar-refractivity contribution < 1.29 is 0 Å². The fourth-order valence-electron chi connectivity index (χ4n) is 4.52. The van der Waals surface area contributed by atoms with Crippen LogP contribution in [0, 0.1) is 11.8 Å². The second-order valence-electron chi connectivity index (χ2n) is 7.93. The van der Waals surface area contributed by atoms with Crippen LogP contribution in [0.4, 0.5) is 11.6 Å². The van der Waals surface area contributed by atoms with E-state index in [2.05, 4.69) is 30.8 Å². The minimum atomic E-state index is -0.00901. The maximum atomic E-state index is 12.3. The fraction of sp³-hybridized carbons (Fsp3) is 0.579. The van der Waals surface area contributed by atoms with Gasteiger partial charge in [0.2, 0.25) is 0 Å². The molecule has 4 heterocycles. The van der Waals surface area contributed by atoms with Gasteiger partial charge in [-0.3, -0.25) is 4.79 Å². The molecule has 0 N–H and O–H groups in total. The van der Waals surface area contributed by atoms with Crippen molar-refractivity contribution in [3.63, 3.8) is 0 Å². The largest absolute Gasteiger partial charge is 0.356 e. The molecule has 2 aliphatic heterocycles. The molecule has 0 aromatic carbocycles. The summed E-state index contributed by atoms with van der Waals surface area (Å²) in [6.45, 7) is 3.78. The van der Waals surface area contributed by atoms with Gasteiger partial charge in [0.05, 0.1) is 0 Å². The van der Waals surface area contributed by atoms with E-state index in [9.17, 15) is 4.79 Å². The van der Waals surface area contributed by atoms with Crippen LogP contribution in [0.25, 0.3) is 0 Å². The molecule has 0 radical (unpaired) electrons. The topological polar surface area (TPSA) is 67.2 Å². The van der Waals surface area contributed by atoms with Gasteiger partial charge in [-0.25, -0.2) is 15.0 Å². The normalized spacial score (nSPS) is 25.4. The molecule has 26 heavy (non-hydrogen) atoms. The average Bonchev–Trinajstić information content (AvgIpc) is 3.15. The van der Waals surface area contributed by atoms with Gasteiger partial charge in [0.1, 0.15) is 12.1 Å². The van der Waals surface area contributed by atoms with Gasteiger partial charge in [0, 0.05) is 75.1 Å². The van der Waals surface area contributed by atoms with Gasteiger partial charge >= 0.3 is 0 Å². The van der Waals surface area contributed by atoms with Gasteiger partial charge in [0.25, 0.3) is 5.56 Å². The summed E-state index contributed by atoms with van der Waals surface area (Å²) in [4.78, 5) is 30.2. The molecule has 0 amide bonds. The molecule has 1 aliphatic carbocycles. The third-order valence-corrected chi connectivity index (χ3v) is 6.31. The molecular weight excluding hydrogens is 328 g/mol. The highest BCUT2D eigenvalue weighted by Crippen LogP contribution is 2.38. The second kappa shape index (κ2) is 6.07. The molecule has 3 aliphatic rings. The van der Waals surface area contributed by atoms with Crippen LogP contribution in [0.3, 0.4) is 0 Å². The lowest BCUT2D eigenvalue weighted by molar-refractivity contribution is 0.410. The van der Waals surface area contributed by atoms with Gasteiger partial charge in [-0.05, 0) is 12.8 Å². The van der Waals surface area contributed by atoms with Crippen molar-refractivity contribution in [3.8, 4) is 0 Å². The smallest absolute Gasteiger partial charge is 0.293 e. The summed E-state index contributed by atoms with van der Waals surface area (Å²) in [5, 5.41) is 0. The number of fused-ring (bicyclic) bond motifs is 1. The summed E-state index contributed by atoms with van der Waals surface area (Å²) < 4.78 is 1.60. The third-order valence-electron chi connectivity index (χ3n) is 6.31. The van der Waals surface area contributed by atoms with E-state index in [-0.39, 0.29) is 5.56 Å². The van der Waals surface area contributed by atoms with Gasteiger partial charge in [-0.1, -0.05) is 6.42 Å². The summed E-state index contributed by atoms with van der Waals surface area (Å²) in [5.74, 6) is 3.41. The molecular formula is C19H24N6O. The molecule has 0 bridgehead atoms. The summed E-state index contributed by atoms with van der Waals surface area (Å²) in [6, 6.07) is 2.19. The predicted octanol–water partition coefficient (Wildman–Crippen LogP) is 1.41. The van der Waals surface area contributed by atoms with E-state index in [0.717, 1.165) is 32.0 Å². The highest BCUT2D eigenvalue weighted by Gasteiger charge is 2.41. The van der Waals surface area contributed by atoms with Gasteiger partial charge < -0.3 is 14.4 Å². The van der Waals surface area contributed by atoms with Crippen molar-refractivity contribution >= 4 is 11.6 Å². The lowest BCUT2D eigenvalue weighted by atomic mass is 9.83. The minimum Gasteiger partial charge on any atom is -0.356 e. The highest BCUT2D eigenvalue weighted by molar-refractivity contribution is 5.45. The van der Waals surface area contributed by atoms with E-state index in [0.29, 0.717) is 23.6 Å². The van der Waals surface area contributed by atoms with Crippen LogP contribution in [0.2, 0.25) is 0 Å². The molecule has 2 atom stereocenters. The van der Waals surface area contributed by atoms with E-state index >= 15 is 0 Å². The van der Waals surface area contributed by atoms with E-state index in [1.807, 2.05) is 0 Å². The number of hydrogen-bond acceptors (Lipinski definition) is 6. The summed E-state index contributed by atoms with van der Waals surface area (Å²) >= 11 is 0. The molecule has 136 valence electrons. The number of rotatable bonds is 3. The molecule has 2 aromatic rings. The predicted molar refractivity (Wildman–Crippen MR) is 99.5 cm³/mol. The molecule has 5 rings (SSSR count). The zero-order valence-electron chi connectivity index (χ0n) is 15.1. The molecule has 7 nitrogen and oxygen atoms in total. The van der Waals surface area contributed by atoms with Crippen molar-refractivity contribution in [1.29, 1.82) is 0 Å². The quantitative estimate of drug-likeness (QED) is 0.832. The molecule has 0 spiro atoms. The van der Waals surface area contributed by atoms with Crippen molar-refractivity contribution in [1.82, 2.24) is 19.5 Å². The Kier molecular flexibility index (Phi) is 3.69. The first-order valence-corrected chi connectivity index (χ1v) is 9.52. The number of anilines is 2. The van der Waals surface area contributed by atoms with E-state index in [1.54, 1.807) is 30.3 Å². The number of aromatic nitrogens is 4. The Morgan fingerprint density at radius 3 is 2.42 bits per heavy atom. The Labute approximate surface area is 152 Å². The third kappa shape index (κ3) is 2.57. The maximum absolute atomic E-state index is 12.3. The second-order valence-corrected chi connectivity index (χ2v) is 7.93. The monoisotopic (exact) mass is 352 g/mol. The first kappa shape index (κ1) is 15.8. The van der Waals surface area contributed by atoms with Crippen LogP contribution in [0.5, 0.6) is 0 Å². The Balaban J connectivity index is 1.30. The molecule has 1 saturated carbocycles. The van der Waals surface area contributed by atoms with Crippen LogP contribution < -0.4 is 15.4 Å². The first-order valence-electron chi connectivity index (χ1n) is 9.52. The molecule has 7 heteroatoms. The number of nitrogens with zero attached hydrogens (tertiary/aromatic N) is 6. The van der Waals surface area contributed by atoms with E-state index < -0.39 is 0 Å². The Bertz CT molecular complexity index is 862. The SMILES string of the molecule is Cn1ccnc(N2CC3CN(c4cc(C5CCC5)ncn4)CC3C2)c1=O. The lowest BCUT2D eigenvalue weighted by Crippen LogP contribution is -2.34. The Hall–Kier alpha value is -2.44. The summed E-state index contributed by atoms with van der Waals surface area (Å²) in [6.07, 6.45) is 8.98. The number of hydrogen-bond donors (Lipinski definition) is 0. The highest BCUT2D eigenvalue weighted by atomic mass is 16.1. The van der Waals surface area contributed by atoms with Crippen LogP contribution in [-0.2, 0) is 7.05 Å². The minimum absolute atomic E-state index is 0.00901. The number of aryl methyl sites for hydroxylation is 1. The Morgan fingerprint density at radius 1 is 1.00 bits per heavy atom. The van der Waals surface area contributed by atoms with Crippen LogP contribution in [-0.4, -0.2) is 45.7 Å². The van der Waals surface area contributed by atoms with E-state index in [1.165, 1.54) is 25.0 Å². The standard InChI is InChI=1S/C19H24N6O/c1-23-6-5-20-18(19(23)26)25-10-14-8-24(9-15(14)11-25)17-7-16(21-12-22-17)13-3-2-4-13/h5-7,12-15H,2-4,8-11H2,1H3. The molecule has 2 aromatic heterocycles. The lowest BCUT2D eigenvalue weighted by Gasteiger charge is -2.26. The molecule has 3 fully saturated rings. The van der Waals surface area contributed by atoms with Crippen molar-refractivity contribution in [2.24, 2.45) is 18.9 Å². The van der Waals surface area contributed by atoms with Crippen molar-refractivity contribution in [2.75, 3.05) is 36.0 Å². The maximum Gasteiger partial charge on any atom is 0.293 e. The zero-order valence-corrected chi connectivity index (χ0v) is 15.1. The van der Waals surface area contributed by atoms with Gasteiger partial charge in [0.15, 0.2) is 5.82 Å². The average molecular weight is 352 g/mol. The molecule has 2 unspecified atom stereocenters. The summed E-state index contributed by atoms with van der Waals surface area (Å²) in [7, 11) is 1.78. The molecule has 2 saturated heterocycles. The Morgan fingerprint density at radius 2 is 1.73 bits per heavy atom.